The first-order valence-electron chi connectivity index (χ1n) is 8.74. The number of fused-ring (bicyclic) bond motifs is 6. The number of nitrogens with zero attached hydrogens (tertiary/aromatic N) is 2. The van der Waals surface area contributed by atoms with Crippen molar-refractivity contribution in [3.63, 3.8) is 0 Å². The van der Waals surface area contributed by atoms with Crippen LogP contribution in [0.5, 0.6) is 0 Å². The highest BCUT2D eigenvalue weighted by atomic mass is 19.4. The van der Waals surface area contributed by atoms with Gasteiger partial charge in [0.2, 0.25) is 0 Å². The van der Waals surface area contributed by atoms with Crippen LogP contribution in [0.25, 0.3) is 5.69 Å². The molecule has 1 unspecified atom stereocenters. The van der Waals surface area contributed by atoms with Crippen LogP contribution in [0.15, 0.2) is 66.9 Å². The van der Waals surface area contributed by atoms with Gasteiger partial charge in [-0.05, 0) is 54.8 Å². The van der Waals surface area contributed by atoms with E-state index >= 15 is 0 Å². The fraction of sp³-hybridized carbons (Fsp3) is 0.238. The van der Waals surface area contributed by atoms with Crippen LogP contribution in [-0.4, -0.2) is 11.1 Å². The lowest BCUT2D eigenvalue weighted by Crippen LogP contribution is -2.46. The molecule has 26 heavy (non-hydrogen) atoms. The zero-order valence-electron chi connectivity index (χ0n) is 14.0. The Morgan fingerprint density at radius 1 is 0.846 bits per heavy atom. The molecule has 0 spiro atoms. The van der Waals surface area contributed by atoms with E-state index in [4.69, 9.17) is 0 Å². The van der Waals surface area contributed by atoms with E-state index in [2.05, 4.69) is 27.7 Å². The number of aromatic nitrogens is 1. The predicted molar refractivity (Wildman–Crippen MR) is 94.6 cm³/mol. The molecule has 1 atom stereocenters. The quantitative estimate of drug-likeness (QED) is 0.572. The number of alkyl halides is 3. The summed E-state index contributed by atoms with van der Waals surface area (Å²) in [5.74, 6) is 0. The topological polar surface area (TPSA) is 8.17 Å². The zero-order chi connectivity index (χ0) is 17.9. The molecule has 3 heterocycles. The third kappa shape index (κ3) is 1.94. The summed E-state index contributed by atoms with van der Waals surface area (Å²) < 4.78 is 41.2. The molecule has 2 nitrogen and oxygen atoms in total. The summed E-state index contributed by atoms with van der Waals surface area (Å²) in [6.07, 6.45) is -0.391. The largest absolute Gasteiger partial charge is 0.416 e. The van der Waals surface area contributed by atoms with Crippen molar-refractivity contribution in [3.8, 4) is 5.69 Å². The molecule has 5 rings (SSSR count). The molecule has 0 aliphatic carbocycles. The van der Waals surface area contributed by atoms with E-state index in [-0.39, 0.29) is 0 Å². The van der Waals surface area contributed by atoms with E-state index < -0.39 is 17.3 Å². The molecule has 0 N–H and O–H groups in total. The highest BCUT2D eigenvalue weighted by molar-refractivity contribution is 5.71. The molecule has 2 aliphatic heterocycles. The third-order valence-electron chi connectivity index (χ3n) is 5.68. The average molecular weight is 354 g/mol. The molecule has 132 valence electrons. The van der Waals surface area contributed by atoms with Crippen LogP contribution in [-0.2, 0) is 11.7 Å². The number of hydrogen-bond acceptors (Lipinski definition) is 1. The molecule has 2 aromatic carbocycles. The Hall–Kier alpha value is -2.69. The predicted octanol–water partition coefficient (Wildman–Crippen LogP) is 5.35. The molecular weight excluding hydrogens is 337 g/mol. The second-order valence-corrected chi connectivity index (χ2v) is 6.94. The molecular formula is C21H17F3N2. The van der Waals surface area contributed by atoms with Crippen LogP contribution < -0.4 is 4.90 Å². The fourth-order valence-electron chi connectivity index (χ4n) is 4.62. The molecule has 5 heteroatoms. The molecule has 2 aliphatic rings. The monoisotopic (exact) mass is 354 g/mol. The molecule has 3 aromatic rings. The number of hydrogen-bond donors (Lipinski definition) is 0. The van der Waals surface area contributed by atoms with Crippen molar-refractivity contribution < 1.29 is 13.2 Å². The van der Waals surface area contributed by atoms with Crippen LogP contribution in [0.4, 0.5) is 18.9 Å². The van der Waals surface area contributed by atoms with Gasteiger partial charge >= 0.3 is 6.18 Å². The standard InChI is InChI=1S/C21H17F3N2/c22-21(23,24)16-10-8-15(9-11-16)20-12-4-14-26(20)18-6-2-1-5-17(18)25-13-3-7-19(20)25/h1-3,5-11,13H,4,12,14H2. The van der Waals surface area contributed by atoms with Gasteiger partial charge in [-0.1, -0.05) is 24.3 Å². The SMILES string of the molecule is FC(F)(F)c1ccc(C23CCCN2c2ccccc2-n2cccc23)cc1. The minimum atomic E-state index is -4.31. The summed E-state index contributed by atoms with van der Waals surface area (Å²) in [5.41, 5.74) is 3.27. The van der Waals surface area contributed by atoms with E-state index in [0.717, 1.165) is 42.0 Å². The van der Waals surface area contributed by atoms with Gasteiger partial charge in [0.05, 0.1) is 22.6 Å². The summed E-state index contributed by atoms with van der Waals surface area (Å²) >= 11 is 0. The van der Waals surface area contributed by atoms with Crippen molar-refractivity contribution in [2.45, 2.75) is 24.6 Å². The number of para-hydroxylation sites is 2. The van der Waals surface area contributed by atoms with E-state index in [9.17, 15) is 13.2 Å². The summed E-state index contributed by atoms with van der Waals surface area (Å²) in [6, 6.07) is 18.0. The van der Waals surface area contributed by atoms with Gasteiger partial charge in [-0.15, -0.1) is 0 Å². The van der Waals surface area contributed by atoms with Gasteiger partial charge in [0, 0.05) is 12.7 Å². The van der Waals surface area contributed by atoms with E-state index in [1.54, 1.807) is 12.1 Å². The van der Waals surface area contributed by atoms with Gasteiger partial charge in [-0.3, -0.25) is 0 Å². The van der Waals surface area contributed by atoms with Crippen molar-refractivity contribution in [3.05, 3.63) is 83.7 Å². The van der Waals surface area contributed by atoms with Gasteiger partial charge < -0.3 is 9.47 Å². The second-order valence-electron chi connectivity index (χ2n) is 6.94. The van der Waals surface area contributed by atoms with Crippen LogP contribution in [0.2, 0.25) is 0 Å². The van der Waals surface area contributed by atoms with E-state index in [0.29, 0.717) is 0 Å². The van der Waals surface area contributed by atoms with Crippen LogP contribution in [0.3, 0.4) is 0 Å². The van der Waals surface area contributed by atoms with Crippen molar-refractivity contribution in [2.75, 3.05) is 11.4 Å². The van der Waals surface area contributed by atoms with Crippen LogP contribution >= 0.6 is 0 Å². The fourth-order valence-corrected chi connectivity index (χ4v) is 4.62. The molecule has 1 fully saturated rings. The van der Waals surface area contributed by atoms with Gasteiger partial charge in [-0.25, -0.2) is 0 Å². The maximum absolute atomic E-state index is 13.0. The molecule has 0 amide bonds. The van der Waals surface area contributed by atoms with Crippen molar-refractivity contribution >= 4 is 5.69 Å². The van der Waals surface area contributed by atoms with E-state index in [1.165, 1.54) is 12.1 Å². The first-order valence-corrected chi connectivity index (χ1v) is 8.74. The van der Waals surface area contributed by atoms with Crippen LogP contribution in [0, 0.1) is 0 Å². The van der Waals surface area contributed by atoms with Gasteiger partial charge in [-0.2, -0.15) is 13.2 Å². The zero-order valence-corrected chi connectivity index (χ0v) is 14.0. The minimum absolute atomic E-state index is 0.415. The Morgan fingerprint density at radius 2 is 1.58 bits per heavy atom. The smallest absolute Gasteiger partial charge is 0.355 e. The highest BCUT2D eigenvalue weighted by Crippen LogP contribution is 2.52. The minimum Gasteiger partial charge on any atom is -0.355 e. The summed E-state index contributed by atoms with van der Waals surface area (Å²) in [4.78, 5) is 2.36. The lowest BCUT2D eigenvalue weighted by molar-refractivity contribution is -0.137. The van der Waals surface area contributed by atoms with Gasteiger partial charge in [0.1, 0.15) is 5.54 Å². The first kappa shape index (κ1) is 15.6. The Balaban J connectivity index is 1.73. The average Bonchev–Trinajstić information content (AvgIpc) is 3.29. The van der Waals surface area contributed by atoms with Gasteiger partial charge in [0.15, 0.2) is 0 Å². The molecule has 0 bridgehead atoms. The lowest BCUT2D eigenvalue weighted by Gasteiger charge is -2.46. The Bertz CT molecular complexity index is 971. The number of anilines is 1. The van der Waals surface area contributed by atoms with Crippen LogP contribution in [0.1, 0.15) is 29.7 Å². The molecule has 1 saturated heterocycles. The lowest BCUT2D eigenvalue weighted by atomic mass is 9.81. The highest BCUT2D eigenvalue weighted by Gasteiger charge is 2.49. The van der Waals surface area contributed by atoms with Crippen molar-refractivity contribution in [2.24, 2.45) is 0 Å². The third-order valence-corrected chi connectivity index (χ3v) is 5.68. The van der Waals surface area contributed by atoms with Crippen molar-refractivity contribution in [1.29, 1.82) is 0 Å². The summed E-state index contributed by atoms with van der Waals surface area (Å²) in [5, 5.41) is 0. The first-order chi connectivity index (χ1) is 12.5. The summed E-state index contributed by atoms with van der Waals surface area (Å²) in [6.45, 7) is 0.892. The normalized spacial score (nSPS) is 21.3. The Kier molecular flexibility index (Phi) is 3.09. The number of rotatable bonds is 1. The number of benzene rings is 2. The van der Waals surface area contributed by atoms with Gasteiger partial charge in [0.25, 0.3) is 0 Å². The van der Waals surface area contributed by atoms with Crippen molar-refractivity contribution in [1.82, 2.24) is 4.57 Å². The molecule has 1 aromatic heterocycles. The summed E-state index contributed by atoms with van der Waals surface area (Å²) in [7, 11) is 0. The number of halogens is 3. The molecule has 0 saturated carbocycles. The van der Waals surface area contributed by atoms with E-state index in [1.807, 2.05) is 24.4 Å². The maximum Gasteiger partial charge on any atom is 0.416 e. The maximum atomic E-state index is 13.0. The molecule has 0 radical (unpaired) electrons. The second kappa shape index (κ2) is 5.16. The Morgan fingerprint density at radius 3 is 2.31 bits per heavy atom. The Labute approximate surface area is 149 Å².